The van der Waals surface area contributed by atoms with E-state index in [0.717, 1.165) is 26.2 Å². The number of nitrogens with one attached hydrogen (secondary N) is 1. The number of ether oxygens (including phenoxy) is 2. The molecule has 0 saturated heterocycles. The fraction of sp³-hybridized carbons (Fsp3) is 1.00. The summed E-state index contributed by atoms with van der Waals surface area (Å²) < 4.78 is 10.8. The zero-order valence-electron chi connectivity index (χ0n) is 8.72. The zero-order valence-corrected chi connectivity index (χ0v) is 8.72. The largest absolute Gasteiger partial charge is 0.353 e. The molecule has 0 fully saturated rings. The summed E-state index contributed by atoms with van der Waals surface area (Å²) in [6.07, 6.45) is 0.971. The predicted molar refractivity (Wildman–Crippen MR) is 49.3 cm³/mol. The van der Waals surface area contributed by atoms with Gasteiger partial charge in [-0.25, -0.2) is 0 Å². The summed E-state index contributed by atoms with van der Waals surface area (Å²) in [5, 5.41) is 0. The minimum absolute atomic E-state index is 0.00472. The number of quaternary nitrogens is 1. The van der Waals surface area contributed by atoms with Gasteiger partial charge in [0.2, 0.25) is 0 Å². The number of hydrogen-bond acceptors (Lipinski definition) is 2. The summed E-state index contributed by atoms with van der Waals surface area (Å²) >= 11 is 0. The van der Waals surface area contributed by atoms with E-state index in [1.807, 2.05) is 13.8 Å². The maximum Gasteiger partial charge on any atom is 0.162 e. The van der Waals surface area contributed by atoms with E-state index >= 15 is 0 Å². The maximum atomic E-state index is 5.40. The van der Waals surface area contributed by atoms with Crippen molar-refractivity contribution >= 4 is 0 Å². The molecule has 0 amide bonds. The first-order chi connectivity index (χ1) is 5.70. The van der Waals surface area contributed by atoms with Crippen LogP contribution in [0.2, 0.25) is 0 Å². The molecule has 0 bridgehead atoms. The van der Waals surface area contributed by atoms with E-state index < -0.39 is 0 Å². The van der Waals surface area contributed by atoms with Crippen LogP contribution in [0.3, 0.4) is 0 Å². The van der Waals surface area contributed by atoms with Gasteiger partial charge in [0.1, 0.15) is 0 Å². The highest BCUT2D eigenvalue weighted by Crippen LogP contribution is 1.98. The molecule has 0 heterocycles. The van der Waals surface area contributed by atoms with Crippen LogP contribution in [-0.2, 0) is 9.47 Å². The van der Waals surface area contributed by atoms with Crippen LogP contribution in [0.15, 0.2) is 0 Å². The van der Waals surface area contributed by atoms with Crippen LogP contribution < -0.4 is 4.90 Å². The van der Waals surface area contributed by atoms with Gasteiger partial charge in [-0.05, 0) is 13.8 Å². The lowest BCUT2D eigenvalue weighted by Crippen LogP contribution is -3.05. The third kappa shape index (κ3) is 6.58. The third-order valence-corrected chi connectivity index (χ3v) is 1.59. The molecule has 0 spiro atoms. The molecular formula is C9H22NO2+. The lowest BCUT2D eigenvalue weighted by molar-refractivity contribution is -0.859. The van der Waals surface area contributed by atoms with Crippen LogP contribution in [-0.4, -0.2) is 40.1 Å². The first-order valence-electron chi connectivity index (χ1n) is 4.72. The topological polar surface area (TPSA) is 22.9 Å². The van der Waals surface area contributed by atoms with Gasteiger partial charge in [0, 0.05) is 19.6 Å². The van der Waals surface area contributed by atoms with Crippen LogP contribution in [0.4, 0.5) is 0 Å². The van der Waals surface area contributed by atoms with Gasteiger partial charge in [0.25, 0.3) is 0 Å². The van der Waals surface area contributed by atoms with Gasteiger partial charge in [-0.15, -0.1) is 0 Å². The van der Waals surface area contributed by atoms with E-state index in [1.165, 1.54) is 4.90 Å². The highest BCUT2D eigenvalue weighted by atomic mass is 16.7. The van der Waals surface area contributed by atoms with E-state index in [0.29, 0.717) is 0 Å². The molecule has 0 rings (SSSR count). The van der Waals surface area contributed by atoms with Crippen molar-refractivity contribution in [2.75, 3.05) is 33.9 Å². The Balaban J connectivity index is 3.48. The summed E-state index contributed by atoms with van der Waals surface area (Å²) in [6.45, 7) is 6.54. The van der Waals surface area contributed by atoms with Crippen LogP contribution in [0.1, 0.15) is 20.3 Å². The SMILES string of the molecule is CCOC(CC[NH+](C)C)OCC. The quantitative estimate of drug-likeness (QED) is 0.548. The Kier molecular flexibility index (Phi) is 7.45. The van der Waals surface area contributed by atoms with Gasteiger partial charge >= 0.3 is 0 Å². The Morgan fingerprint density at radius 1 is 1.08 bits per heavy atom. The molecule has 74 valence electrons. The average molecular weight is 176 g/mol. The lowest BCUT2D eigenvalue weighted by Gasteiger charge is -2.17. The summed E-state index contributed by atoms with van der Waals surface area (Å²) in [5.74, 6) is 0. The Morgan fingerprint density at radius 2 is 1.58 bits per heavy atom. The van der Waals surface area contributed by atoms with Gasteiger partial charge in [-0.2, -0.15) is 0 Å². The predicted octanol–water partition coefficient (Wildman–Crippen LogP) is -0.0799. The lowest BCUT2D eigenvalue weighted by atomic mass is 10.4. The molecule has 0 atom stereocenters. The van der Waals surface area contributed by atoms with E-state index in [1.54, 1.807) is 0 Å². The van der Waals surface area contributed by atoms with Gasteiger partial charge in [0.15, 0.2) is 6.29 Å². The maximum absolute atomic E-state index is 5.40. The second-order valence-corrected chi connectivity index (χ2v) is 3.09. The molecule has 1 N–H and O–H groups in total. The molecule has 0 aliphatic heterocycles. The van der Waals surface area contributed by atoms with Crippen LogP contribution in [0, 0.1) is 0 Å². The average Bonchev–Trinajstić information content (AvgIpc) is 2.01. The Bertz CT molecular complexity index is 90.5. The van der Waals surface area contributed by atoms with Crippen molar-refractivity contribution in [2.45, 2.75) is 26.6 Å². The van der Waals surface area contributed by atoms with Gasteiger partial charge in [-0.3, -0.25) is 0 Å². The normalized spacial score (nSPS) is 11.5. The molecule has 12 heavy (non-hydrogen) atoms. The first kappa shape index (κ1) is 11.9. The Labute approximate surface area is 75.6 Å². The van der Waals surface area contributed by atoms with Crippen LogP contribution in [0.25, 0.3) is 0 Å². The van der Waals surface area contributed by atoms with Crippen molar-refractivity contribution < 1.29 is 14.4 Å². The summed E-state index contributed by atoms with van der Waals surface area (Å²) in [4.78, 5) is 1.43. The standard InChI is InChI=1S/C9H21NO2/c1-5-11-9(12-6-2)7-8-10(3)4/h9H,5-8H2,1-4H3/p+1. The fourth-order valence-electron chi connectivity index (χ4n) is 0.993. The Hall–Kier alpha value is -0.120. The van der Waals surface area contributed by atoms with Crippen molar-refractivity contribution in [1.29, 1.82) is 0 Å². The molecule has 0 unspecified atom stereocenters. The van der Waals surface area contributed by atoms with Crippen molar-refractivity contribution in [1.82, 2.24) is 0 Å². The van der Waals surface area contributed by atoms with E-state index in [4.69, 9.17) is 9.47 Å². The monoisotopic (exact) mass is 176 g/mol. The minimum atomic E-state index is -0.00472. The fourth-order valence-corrected chi connectivity index (χ4v) is 0.993. The Morgan fingerprint density at radius 3 is 1.92 bits per heavy atom. The molecule has 0 radical (unpaired) electrons. The highest BCUT2D eigenvalue weighted by molar-refractivity contribution is 4.42. The second-order valence-electron chi connectivity index (χ2n) is 3.09. The molecule has 0 aromatic heterocycles. The van der Waals surface area contributed by atoms with E-state index in [9.17, 15) is 0 Å². The zero-order chi connectivity index (χ0) is 9.40. The van der Waals surface area contributed by atoms with E-state index in [2.05, 4.69) is 14.1 Å². The summed E-state index contributed by atoms with van der Waals surface area (Å²) in [6, 6.07) is 0. The van der Waals surface area contributed by atoms with E-state index in [-0.39, 0.29) is 6.29 Å². The molecule has 0 aromatic rings. The van der Waals surface area contributed by atoms with Gasteiger partial charge < -0.3 is 14.4 Å². The highest BCUT2D eigenvalue weighted by Gasteiger charge is 2.08. The molecule has 3 heteroatoms. The molecule has 0 saturated carbocycles. The molecule has 0 aromatic carbocycles. The van der Waals surface area contributed by atoms with Gasteiger partial charge in [0.05, 0.1) is 20.6 Å². The second kappa shape index (κ2) is 7.53. The van der Waals surface area contributed by atoms with Crippen LogP contribution in [0.5, 0.6) is 0 Å². The van der Waals surface area contributed by atoms with Crippen molar-refractivity contribution in [2.24, 2.45) is 0 Å². The minimum Gasteiger partial charge on any atom is -0.353 e. The van der Waals surface area contributed by atoms with Crippen LogP contribution >= 0.6 is 0 Å². The number of hydrogen-bond donors (Lipinski definition) is 1. The molecule has 0 aliphatic rings. The summed E-state index contributed by atoms with van der Waals surface area (Å²) in [5.41, 5.74) is 0. The third-order valence-electron chi connectivity index (χ3n) is 1.59. The van der Waals surface area contributed by atoms with Crippen molar-refractivity contribution in [3.63, 3.8) is 0 Å². The molecular weight excluding hydrogens is 154 g/mol. The molecule has 0 aliphatic carbocycles. The molecule has 3 nitrogen and oxygen atoms in total. The number of rotatable bonds is 7. The van der Waals surface area contributed by atoms with Crippen molar-refractivity contribution in [3.05, 3.63) is 0 Å². The smallest absolute Gasteiger partial charge is 0.162 e. The van der Waals surface area contributed by atoms with Gasteiger partial charge in [-0.1, -0.05) is 0 Å². The first-order valence-corrected chi connectivity index (χ1v) is 4.72. The summed E-state index contributed by atoms with van der Waals surface area (Å²) in [7, 11) is 4.27. The van der Waals surface area contributed by atoms with Crippen molar-refractivity contribution in [3.8, 4) is 0 Å².